The normalized spacial score (nSPS) is 14.9. The molecule has 3 rings (SSSR count). The average molecular weight is 504 g/mol. The molecule has 0 atom stereocenters. The van der Waals surface area contributed by atoms with Crippen LogP contribution < -0.4 is 20.7 Å². The third kappa shape index (κ3) is 6.31. The van der Waals surface area contributed by atoms with E-state index in [1.165, 1.54) is 11.4 Å². The van der Waals surface area contributed by atoms with E-state index in [-0.39, 0.29) is 29.8 Å². The molecule has 192 valence electrons. The fraction of sp³-hybridized carbons (Fsp3) is 0.520. The summed E-state index contributed by atoms with van der Waals surface area (Å²) >= 11 is 0. The highest BCUT2D eigenvalue weighted by Gasteiger charge is 2.27. The van der Waals surface area contributed by atoms with Crippen LogP contribution in [0.15, 0.2) is 29.3 Å². The van der Waals surface area contributed by atoms with Crippen LogP contribution in [-0.2, 0) is 21.4 Å². The Morgan fingerprint density at radius 2 is 1.80 bits per heavy atom. The van der Waals surface area contributed by atoms with Crippen LogP contribution in [0.4, 0.5) is 5.82 Å². The number of ether oxygens (including phenoxy) is 1. The number of sulfonamides is 1. The Morgan fingerprint density at radius 3 is 2.34 bits per heavy atom. The van der Waals surface area contributed by atoms with E-state index in [9.17, 15) is 13.2 Å². The van der Waals surface area contributed by atoms with Gasteiger partial charge in [-0.1, -0.05) is 0 Å². The van der Waals surface area contributed by atoms with Crippen LogP contribution >= 0.6 is 0 Å². The van der Waals surface area contributed by atoms with Gasteiger partial charge in [-0.3, -0.25) is 4.79 Å². The Hall–Kier alpha value is -2.69. The molecule has 1 aliphatic heterocycles. The molecular weight excluding hydrogens is 466 g/mol. The number of carbonyl (C=O) groups is 1. The molecule has 1 fully saturated rings. The molecule has 10 heteroatoms. The number of piperidine rings is 1. The number of aryl methyl sites for hydroxylation is 3. The number of methoxy groups -OCH3 is 1. The number of nitrogens with zero attached hydrogens (tertiary/aromatic N) is 3. The lowest BCUT2D eigenvalue weighted by atomic mass is 10.0. The fourth-order valence-corrected chi connectivity index (χ4v) is 6.15. The molecule has 3 N–H and O–H groups in total. The number of nitrogens with two attached hydrogens (primary N) is 1. The lowest BCUT2D eigenvalue weighted by molar-refractivity contribution is -0.122. The van der Waals surface area contributed by atoms with E-state index in [1.807, 2.05) is 13.1 Å². The van der Waals surface area contributed by atoms with Gasteiger partial charge >= 0.3 is 0 Å². The SMILES string of the molecule is COc1cc(C)c(S(=O)(=O)N(C)CCC(=O)NC2CCN(c3ncc(CN)cc3C)CC2)c(C)c1. The number of pyridine rings is 1. The van der Waals surface area contributed by atoms with E-state index in [1.54, 1.807) is 33.1 Å². The van der Waals surface area contributed by atoms with Gasteiger partial charge in [0.25, 0.3) is 0 Å². The van der Waals surface area contributed by atoms with Crippen LogP contribution in [0.2, 0.25) is 0 Å². The first-order chi connectivity index (χ1) is 16.6. The molecule has 1 saturated heterocycles. The highest BCUT2D eigenvalue weighted by Crippen LogP contribution is 2.28. The molecular formula is C25H37N5O4S. The van der Waals surface area contributed by atoms with Crippen molar-refractivity contribution in [1.29, 1.82) is 0 Å². The van der Waals surface area contributed by atoms with Crippen LogP contribution in [-0.4, -0.2) is 63.4 Å². The number of aromatic nitrogens is 1. The van der Waals surface area contributed by atoms with E-state index < -0.39 is 10.0 Å². The summed E-state index contributed by atoms with van der Waals surface area (Å²) in [4.78, 5) is 19.6. The first kappa shape index (κ1) is 26.9. The number of rotatable bonds is 9. The van der Waals surface area contributed by atoms with E-state index in [0.29, 0.717) is 23.4 Å². The van der Waals surface area contributed by atoms with Crippen LogP contribution in [0.3, 0.4) is 0 Å². The van der Waals surface area contributed by atoms with Gasteiger partial charge < -0.3 is 20.7 Å². The van der Waals surface area contributed by atoms with Crippen molar-refractivity contribution in [2.75, 3.05) is 38.7 Å². The molecule has 0 radical (unpaired) electrons. The molecule has 0 saturated carbocycles. The van der Waals surface area contributed by atoms with Crippen molar-refractivity contribution < 1.29 is 17.9 Å². The van der Waals surface area contributed by atoms with E-state index in [4.69, 9.17) is 10.5 Å². The van der Waals surface area contributed by atoms with E-state index >= 15 is 0 Å². The number of nitrogens with one attached hydrogen (secondary N) is 1. The number of hydrogen-bond acceptors (Lipinski definition) is 7. The third-order valence-electron chi connectivity index (χ3n) is 6.49. The second-order valence-electron chi connectivity index (χ2n) is 9.18. The Kier molecular flexibility index (Phi) is 8.74. The second kappa shape index (κ2) is 11.4. The maximum Gasteiger partial charge on any atom is 0.243 e. The summed E-state index contributed by atoms with van der Waals surface area (Å²) in [6.07, 6.45) is 3.54. The van der Waals surface area contributed by atoms with Crippen molar-refractivity contribution in [2.24, 2.45) is 5.73 Å². The monoisotopic (exact) mass is 503 g/mol. The van der Waals surface area contributed by atoms with Crippen LogP contribution in [0.1, 0.15) is 41.5 Å². The van der Waals surface area contributed by atoms with Crippen LogP contribution in [0.25, 0.3) is 0 Å². The first-order valence-corrected chi connectivity index (χ1v) is 13.3. The Bertz CT molecular complexity index is 1140. The molecule has 0 unspecified atom stereocenters. The molecule has 35 heavy (non-hydrogen) atoms. The molecule has 0 spiro atoms. The average Bonchev–Trinajstić information content (AvgIpc) is 2.82. The lowest BCUT2D eigenvalue weighted by Crippen LogP contribution is -2.45. The van der Waals surface area contributed by atoms with Crippen molar-refractivity contribution in [3.63, 3.8) is 0 Å². The smallest absolute Gasteiger partial charge is 0.243 e. The van der Waals surface area contributed by atoms with Gasteiger partial charge in [-0.05, 0) is 74.1 Å². The highest BCUT2D eigenvalue weighted by molar-refractivity contribution is 7.89. The van der Waals surface area contributed by atoms with Gasteiger partial charge in [0.2, 0.25) is 15.9 Å². The van der Waals surface area contributed by atoms with Crippen molar-refractivity contribution in [3.8, 4) is 5.75 Å². The summed E-state index contributed by atoms with van der Waals surface area (Å²) in [7, 11) is -0.665. The zero-order valence-electron chi connectivity index (χ0n) is 21.3. The summed E-state index contributed by atoms with van der Waals surface area (Å²) in [6.45, 7) is 7.70. The van der Waals surface area contributed by atoms with Gasteiger partial charge in [0.15, 0.2) is 0 Å². The Morgan fingerprint density at radius 1 is 1.17 bits per heavy atom. The molecule has 2 heterocycles. The molecule has 1 aliphatic rings. The summed E-state index contributed by atoms with van der Waals surface area (Å²) in [6, 6.07) is 5.54. The Labute approximate surface area is 208 Å². The molecule has 1 aromatic heterocycles. The van der Waals surface area contributed by atoms with Crippen LogP contribution in [0, 0.1) is 20.8 Å². The molecule has 1 amide bonds. The quantitative estimate of drug-likeness (QED) is 0.539. The summed E-state index contributed by atoms with van der Waals surface area (Å²) in [5.74, 6) is 1.43. The minimum absolute atomic E-state index is 0.0651. The second-order valence-corrected chi connectivity index (χ2v) is 11.2. The summed E-state index contributed by atoms with van der Waals surface area (Å²) in [5, 5.41) is 3.07. The van der Waals surface area contributed by atoms with Gasteiger partial charge in [-0.25, -0.2) is 17.7 Å². The van der Waals surface area contributed by atoms with Gasteiger partial charge in [-0.15, -0.1) is 0 Å². The summed E-state index contributed by atoms with van der Waals surface area (Å²) in [5.41, 5.74) is 9.04. The molecule has 2 aromatic rings. The van der Waals surface area contributed by atoms with E-state index in [0.717, 1.165) is 42.9 Å². The number of anilines is 1. The maximum atomic E-state index is 13.1. The maximum absolute atomic E-state index is 13.1. The molecule has 0 bridgehead atoms. The van der Waals surface area contributed by atoms with Crippen molar-refractivity contribution in [3.05, 3.63) is 46.6 Å². The first-order valence-electron chi connectivity index (χ1n) is 11.9. The molecule has 9 nitrogen and oxygen atoms in total. The zero-order chi connectivity index (χ0) is 25.8. The number of benzene rings is 1. The predicted molar refractivity (Wildman–Crippen MR) is 137 cm³/mol. The van der Waals surface area contributed by atoms with Gasteiger partial charge in [0, 0.05) is 51.9 Å². The van der Waals surface area contributed by atoms with Gasteiger partial charge in [-0.2, -0.15) is 0 Å². The van der Waals surface area contributed by atoms with Gasteiger partial charge in [0.1, 0.15) is 11.6 Å². The highest BCUT2D eigenvalue weighted by atomic mass is 32.2. The van der Waals surface area contributed by atoms with Crippen molar-refractivity contribution in [2.45, 2.75) is 57.5 Å². The van der Waals surface area contributed by atoms with Crippen LogP contribution in [0.5, 0.6) is 5.75 Å². The largest absolute Gasteiger partial charge is 0.497 e. The molecule has 1 aromatic carbocycles. The third-order valence-corrected chi connectivity index (χ3v) is 8.66. The van der Waals surface area contributed by atoms with Crippen molar-refractivity contribution in [1.82, 2.24) is 14.6 Å². The standard InChI is InChI=1S/C25H37N5O4S/c1-17-13-22(34-5)14-18(2)24(17)35(32,33)29(4)9-8-23(31)28-21-6-10-30(11-7-21)25-19(3)12-20(15-26)16-27-25/h12-14,16,21H,6-11,15,26H2,1-5H3,(H,28,31). The van der Waals surface area contributed by atoms with Gasteiger partial charge in [0.05, 0.1) is 12.0 Å². The zero-order valence-corrected chi connectivity index (χ0v) is 22.1. The van der Waals surface area contributed by atoms with E-state index in [2.05, 4.69) is 21.3 Å². The minimum atomic E-state index is -3.72. The number of carbonyl (C=O) groups excluding carboxylic acids is 1. The number of hydrogen-bond donors (Lipinski definition) is 2. The molecule has 0 aliphatic carbocycles. The topological polar surface area (TPSA) is 118 Å². The minimum Gasteiger partial charge on any atom is -0.497 e. The lowest BCUT2D eigenvalue weighted by Gasteiger charge is -2.34. The predicted octanol–water partition coefficient (Wildman–Crippen LogP) is 2.27. The fourth-order valence-electron chi connectivity index (χ4n) is 4.57. The number of amides is 1. The Balaban J connectivity index is 1.52. The van der Waals surface area contributed by atoms with Crippen molar-refractivity contribution >= 4 is 21.7 Å². The summed E-state index contributed by atoms with van der Waals surface area (Å²) < 4.78 is 32.8.